The Bertz CT molecular complexity index is 810. The van der Waals surface area contributed by atoms with E-state index in [4.69, 9.17) is 4.42 Å². The molecule has 7 rings (SSSR count). The van der Waals surface area contributed by atoms with Gasteiger partial charge in [0.2, 0.25) is 0 Å². The van der Waals surface area contributed by atoms with Crippen LogP contribution in [0, 0.1) is 30.6 Å². The Balaban J connectivity index is 1.61. The smallest absolute Gasteiger partial charge is 0.181 e. The first-order chi connectivity index (χ1) is 12.2. The van der Waals surface area contributed by atoms with Gasteiger partial charge in [0, 0.05) is 5.69 Å². The van der Waals surface area contributed by atoms with Gasteiger partial charge in [-0.05, 0) is 81.3 Å². The number of rotatable bonds is 1. The van der Waals surface area contributed by atoms with Gasteiger partial charge in [-0.25, -0.2) is 4.98 Å². The minimum absolute atomic E-state index is 0.0464. The van der Waals surface area contributed by atoms with E-state index in [1.807, 2.05) is 0 Å². The average molecular weight is 334 g/mol. The Morgan fingerprint density at radius 1 is 1.04 bits per heavy atom. The van der Waals surface area contributed by atoms with Crippen LogP contribution in [-0.4, -0.2) is 4.98 Å². The molecule has 4 bridgehead atoms. The summed E-state index contributed by atoms with van der Waals surface area (Å²) in [5, 5.41) is 0. The fourth-order valence-corrected chi connectivity index (χ4v) is 7.31. The van der Waals surface area contributed by atoms with Gasteiger partial charge < -0.3 is 9.32 Å². The van der Waals surface area contributed by atoms with E-state index >= 15 is 0 Å². The number of hydrogen-bond donors (Lipinski definition) is 0. The predicted molar refractivity (Wildman–Crippen MR) is 97.3 cm³/mol. The minimum Gasteiger partial charge on any atom is -0.446 e. The number of nitrogens with zero attached hydrogens (tertiary/aromatic N) is 2. The quantitative estimate of drug-likeness (QED) is 0.716. The molecular weight excluding hydrogens is 308 g/mol. The van der Waals surface area contributed by atoms with Crippen LogP contribution in [0.25, 0.3) is 0 Å². The maximum atomic E-state index is 6.16. The monoisotopic (exact) mass is 334 g/mol. The third-order valence-electron chi connectivity index (χ3n) is 7.90. The van der Waals surface area contributed by atoms with E-state index in [9.17, 15) is 0 Å². The molecule has 2 heterocycles. The zero-order valence-corrected chi connectivity index (χ0v) is 15.1. The Hall–Kier alpha value is -1.77. The second-order valence-electron chi connectivity index (χ2n) is 9.03. The van der Waals surface area contributed by atoms with Crippen LogP contribution in [0.1, 0.15) is 62.1 Å². The van der Waals surface area contributed by atoms with Crippen LogP contribution < -0.4 is 4.90 Å². The van der Waals surface area contributed by atoms with Gasteiger partial charge in [-0.2, -0.15) is 0 Å². The van der Waals surface area contributed by atoms with Gasteiger partial charge in [0.15, 0.2) is 12.2 Å². The van der Waals surface area contributed by atoms with Crippen molar-refractivity contribution in [3.8, 4) is 0 Å². The number of aromatic nitrogens is 1. The highest BCUT2D eigenvalue weighted by molar-refractivity contribution is 5.62. The zero-order valence-electron chi connectivity index (χ0n) is 15.1. The summed E-state index contributed by atoms with van der Waals surface area (Å²) in [5.41, 5.74) is 3.99. The molecular formula is C22H26N2O. The van der Waals surface area contributed by atoms with E-state index in [0.29, 0.717) is 6.04 Å². The Morgan fingerprint density at radius 2 is 1.72 bits per heavy atom. The normalized spacial score (nSPS) is 40.9. The van der Waals surface area contributed by atoms with Crippen molar-refractivity contribution >= 4 is 5.69 Å². The molecule has 0 N–H and O–H groups in total. The molecule has 1 atom stereocenters. The molecule has 1 unspecified atom stereocenters. The van der Waals surface area contributed by atoms with Crippen molar-refractivity contribution in [2.24, 2.45) is 23.7 Å². The summed E-state index contributed by atoms with van der Waals surface area (Å²) in [6.45, 7) is 4.58. The summed E-state index contributed by atoms with van der Waals surface area (Å²) in [7, 11) is 0. The van der Waals surface area contributed by atoms with Crippen molar-refractivity contribution in [3.05, 3.63) is 47.7 Å². The maximum absolute atomic E-state index is 6.16. The first-order valence-electron chi connectivity index (χ1n) is 9.98. The van der Waals surface area contributed by atoms with Crippen LogP contribution in [0.2, 0.25) is 0 Å². The molecule has 130 valence electrons. The highest BCUT2D eigenvalue weighted by Crippen LogP contribution is 2.68. The molecule has 0 amide bonds. The third-order valence-corrected chi connectivity index (χ3v) is 7.90. The molecule has 1 aromatic heterocycles. The van der Waals surface area contributed by atoms with Crippen LogP contribution in [0.3, 0.4) is 0 Å². The SMILES string of the molecule is Cc1ccccc1N1C(C)c2ncoc2C12C1CC3CC(C1)CC2C3. The van der Waals surface area contributed by atoms with Crippen molar-refractivity contribution in [1.29, 1.82) is 0 Å². The molecule has 1 spiro atoms. The Morgan fingerprint density at radius 3 is 2.40 bits per heavy atom. The molecule has 25 heavy (non-hydrogen) atoms. The van der Waals surface area contributed by atoms with E-state index < -0.39 is 0 Å². The maximum Gasteiger partial charge on any atom is 0.181 e. The predicted octanol–water partition coefficient (Wildman–Crippen LogP) is 5.22. The summed E-state index contributed by atoms with van der Waals surface area (Å²) in [5.74, 6) is 4.56. The molecule has 4 aliphatic carbocycles. The fourth-order valence-electron chi connectivity index (χ4n) is 7.31. The lowest BCUT2D eigenvalue weighted by Gasteiger charge is -2.63. The van der Waals surface area contributed by atoms with E-state index in [-0.39, 0.29) is 5.54 Å². The highest BCUT2D eigenvalue weighted by atomic mass is 16.3. The highest BCUT2D eigenvalue weighted by Gasteiger charge is 2.66. The lowest BCUT2D eigenvalue weighted by atomic mass is 9.48. The summed E-state index contributed by atoms with van der Waals surface area (Å²) < 4.78 is 6.16. The number of oxazole rings is 1. The second-order valence-corrected chi connectivity index (χ2v) is 9.03. The van der Waals surface area contributed by atoms with Crippen LogP contribution in [0.4, 0.5) is 5.69 Å². The molecule has 0 radical (unpaired) electrons. The number of hydrogen-bond acceptors (Lipinski definition) is 3. The third kappa shape index (κ3) is 1.61. The van der Waals surface area contributed by atoms with E-state index in [2.05, 4.69) is 48.0 Å². The van der Waals surface area contributed by atoms with Crippen LogP contribution in [0.15, 0.2) is 35.1 Å². The van der Waals surface area contributed by atoms with Gasteiger partial charge in [0.05, 0.1) is 6.04 Å². The molecule has 0 saturated heterocycles. The molecule has 1 aromatic carbocycles. The van der Waals surface area contributed by atoms with Gasteiger partial charge in [-0.1, -0.05) is 18.2 Å². The standard InChI is InChI=1S/C22H26N2O/c1-13-5-3-4-6-19(13)24-14(2)20-21(25-12-23-20)22(24)17-8-15-7-16(10-17)11-18(22)9-15/h3-6,12,14-18H,7-11H2,1-2H3. The number of para-hydroxylation sites is 1. The Kier molecular flexibility index (Phi) is 2.70. The van der Waals surface area contributed by atoms with Gasteiger partial charge in [0.25, 0.3) is 0 Å². The summed E-state index contributed by atoms with van der Waals surface area (Å²) in [4.78, 5) is 7.41. The van der Waals surface area contributed by atoms with Crippen LogP contribution in [0.5, 0.6) is 0 Å². The minimum atomic E-state index is 0.0464. The average Bonchev–Trinajstić information content (AvgIpc) is 3.15. The molecule has 1 aliphatic heterocycles. The lowest BCUT2D eigenvalue weighted by molar-refractivity contribution is -0.0685. The number of aryl methyl sites for hydroxylation is 1. The Labute approximate surface area is 149 Å². The molecule has 4 fully saturated rings. The fraction of sp³-hybridized carbons (Fsp3) is 0.591. The zero-order chi connectivity index (χ0) is 16.8. The molecule has 3 nitrogen and oxygen atoms in total. The second kappa shape index (κ2) is 4.69. The topological polar surface area (TPSA) is 29.3 Å². The summed E-state index contributed by atoms with van der Waals surface area (Å²) in [6, 6.07) is 9.20. The number of fused-ring (bicyclic) bond motifs is 1. The van der Waals surface area contributed by atoms with Crippen molar-refractivity contribution in [3.63, 3.8) is 0 Å². The van der Waals surface area contributed by atoms with Gasteiger partial charge >= 0.3 is 0 Å². The van der Waals surface area contributed by atoms with Gasteiger partial charge in [-0.3, -0.25) is 0 Å². The van der Waals surface area contributed by atoms with Gasteiger partial charge in [0.1, 0.15) is 11.2 Å². The van der Waals surface area contributed by atoms with E-state index in [1.165, 1.54) is 54.8 Å². The van der Waals surface area contributed by atoms with Gasteiger partial charge in [-0.15, -0.1) is 0 Å². The lowest BCUT2D eigenvalue weighted by Crippen LogP contribution is -2.62. The summed E-state index contributed by atoms with van der Waals surface area (Å²) in [6.07, 6.45) is 8.68. The number of anilines is 1. The van der Waals surface area contributed by atoms with Crippen molar-refractivity contribution in [1.82, 2.24) is 4.98 Å². The van der Waals surface area contributed by atoms with Crippen molar-refractivity contribution < 1.29 is 4.42 Å². The first kappa shape index (κ1) is 14.4. The first-order valence-corrected chi connectivity index (χ1v) is 9.98. The molecule has 2 aromatic rings. The van der Waals surface area contributed by atoms with Crippen molar-refractivity contribution in [2.45, 2.75) is 57.5 Å². The van der Waals surface area contributed by atoms with Crippen LogP contribution in [-0.2, 0) is 5.54 Å². The van der Waals surface area contributed by atoms with E-state index in [1.54, 1.807) is 6.39 Å². The largest absolute Gasteiger partial charge is 0.446 e. The molecule has 4 saturated carbocycles. The summed E-state index contributed by atoms with van der Waals surface area (Å²) >= 11 is 0. The molecule has 3 heteroatoms. The van der Waals surface area contributed by atoms with E-state index in [0.717, 1.165) is 23.7 Å². The van der Waals surface area contributed by atoms with Crippen molar-refractivity contribution in [2.75, 3.05) is 4.90 Å². The van der Waals surface area contributed by atoms with Crippen LogP contribution >= 0.6 is 0 Å². The molecule has 5 aliphatic rings. The number of benzene rings is 1.